The third-order valence-corrected chi connectivity index (χ3v) is 2.78. The van der Waals surface area contributed by atoms with E-state index in [4.69, 9.17) is 4.74 Å². The molecule has 0 spiro atoms. The minimum atomic E-state index is 0.112. The van der Waals surface area contributed by atoms with Crippen LogP contribution in [0.1, 0.15) is 39.0 Å². The smallest absolute Gasteiger partial charge is 0.220 e. The van der Waals surface area contributed by atoms with Crippen LogP contribution < -0.4 is 5.32 Å². The van der Waals surface area contributed by atoms with Crippen molar-refractivity contribution < 1.29 is 9.53 Å². The maximum absolute atomic E-state index is 11.5. The third kappa shape index (κ3) is 8.37. The van der Waals surface area contributed by atoms with Crippen LogP contribution in [-0.2, 0) is 16.1 Å². The van der Waals surface area contributed by atoms with Gasteiger partial charge in [-0.25, -0.2) is 0 Å². The van der Waals surface area contributed by atoms with Crippen LogP contribution in [0, 0.1) is 0 Å². The molecule has 19 heavy (non-hydrogen) atoms. The highest BCUT2D eigenvalue weighted by Crippen LogP contribution is 1.94. The van der Waals surface area contributed by atoms with Crippen molar-refractivity contribution in [2.24, 2.45) is 0 Å². The number of nitrogens with one attached hydrogen (secondary N) is 1. The van der Waals surface area contributed by atoms with Crippen molar-refractivity contribution in [2.45, 2.75) is 45.6 Å². The molecule has 5 heteroatoms. The summed E-state index contributed by atoms with van der Waals surface area (Å²) in [6.07, 6.45) is 8.18. The second-order valence-corrected chi connectivity index (χ2v) is 4.54. The Morgan fingerprint density at radius 2 is 2.16 bits per heavy atom. The summed E-state index contributed by atoms with van der Waals surface area (Å²) in [5, 5.41) is 7.00. The van der Waals surface area contributed by atoms with Gasteiger partial charge in [0.05, 0.1) is 0 Å². The Morgan fingerprint density at radius 3 is 2.89 bits per heavy atom. The van der Waals surface area contributed by atoms with Gasteiger partial charge in [-0.1, -0.05) is 13.3 Å². The first-order valence-electron chi connectivity index (χ1n) is 7.14. The van der Waals surface area contributed by atoms with Crippen LogP contribution in [0.3, 0.4) is 0 Å². The van der Waals surface area contributed by atoms with E-state index in [1.54, 1.807) is 6.20 Å². The van der Waals surface area contributed by atoms with Gasteiger partial charge < -0.3 is 10.1 Å². The highest BCUT2D eigenvalue weighted by Gasteiger charge is 2.00. The fourth-order valence-corrected chi connectivity index (χ4v) is 1.67. The third-order valence-electron chi connectivity index (χ3n) is 2.78. The second kappa shape index (κ2) is 10.6. The number of rotatable bonds is 11. The molecule has 1 rings (SSSR count). The average molecular weight is 267 g/mol. The van der Waals surface area contributed by atoms with Crippen LogP contribution in [-0.4, -0.2) is 35.4 Å². The fourth-order valence-electron chi connectivity index (χ4n) is 1.67. The lowest BCUT2D eigenvalue weighted by Gasteiger charge is -2.06. The summed E-state index contributed by atoms with van der Waals surface area (Å²) < 4.78 is 7.27. The summed E-state index contributed by atoms with van der Waals surface area (Å²) in [6.45, 7) is 5.20. The van der Waals surface area contributed by atoms with E-state index in [1.165, 1.54) is 0 Å². The predicted octanol–water partition coefficient (Wildman–Crippen LogP) is 1.99. The molecule has 0 unspecified atom stereocenters. The van der Waals surface area contributed by atoms with Crippen molar-refractivity contribution in [3.63, 3.8) is 0 Å². The number of hydrogen-bond donors (Lipinski definition) is 1. The van der Waals surface area contributed by atoms with Gasteiger partial charge in [0.15, 0.2) is 0 Å². The first-order valence-corrected chi connectivity index (χ1v) is 7.14. The van der Waals surface area contributed by atoms with Gasteiger partial charge in [0.1, 0.15) is 0 Å². The lowest BCUT2D eigenvalue weighted by Crippen LogP contribution is -2.25. The van der Waals surface area contributed by atoms with Crippen LogP contribution in [0.25, 0.3) is 0 Å². The number of nitrogens with zero attached hydrogens (tertiary/aromatic N) is 2. The lowest BCUT2D eigenvalue weighted by atomic mass is 10.3. The van der Waals surface area contributed by atoms with Crippen LogP contribution in [0.5, 0.6) is 0 Å². The van der Waals surface area contributed by atoms with Crippen LogP contribution in [0.2, 0.25) is 0 Å². The summed E-state index contributed by atoms with van der Waals surface area (Å²) >= 11 is 0. The van der Waals surface area contributed by atoms with Gasteiger partial charge in [0.25, 0.3) is 0 Å². The summed E-state index contributed by atoms with van der Waals surface area (Å²) in [6, 6.07) is 1.89. The molecule has 1 amide bonds. The van der Waals surface area contributed by atoms with Gasteiger partial charge in [-0.3, -0.25) is 9.48 Å². The summed E-state index contributed by atoms with van der Waals surface area (Å²) in [7, 11) is 0. The molecule has 0 aliphatic heterocycles. The minimum absolute atomic E-state index is 0.112. The molecule has 1 aromatic heterocycles. The Labute approximate surface area is 115 Å². The fraction of sp³-hybridized carbons (Fsp3) is 0.714. The number of carbonyl (C=O) groups is 1. The van der Waals surface area contributed by atoms with Crippen molar-refractivity contribution in [3.8, 4) is 0 Å². The number of aryl methyl sites for hydroxylation is 1. The molecular formula is C14H25N3O2. The van der Waals surface area contributed by atoms with E-state index >= 15 is 0 Å². The van der Waals surface area contributed by atoms with Crippen molar-refractivity contribution >= 4 is 5.91 Å². The van der Waals surface area contributed by atoms with Crippen molar-refractivity contribution in [1.29, 1.82) is 0 Å². The van der Waals surface area contributed by atoms with E-state index in [2.05, 4.69) is 17.3 Å². The molecule has 0 fully saturated rings. The Balaban J connectivity index is 1.88. The number of hydrogen-bond acceptors (Lipinski definition) is 3. The first-order chi connectivity index (χ1) is 9.33. The lowest BCUT2D eigenvalue weighted by molar-refractivity contribution is -0.121. The molecular weight excluding hydrogens is 242 g/mol. The molecule has 1 N–H and O–H groups in total. The molecule has 0 aromatic carbocycles. The summed E-state index contributed by atoms with van der Waals surface area (Å²) in [5.74, 6) is 0.112. The van der Waals surface area contributed by atoms with Crippen molar-refractivity contribution in [2.75, 3.05) is 19.8 Å². The monoisotopic (exact) mass is 267 g/mol. The van der Waals surface area contributed by atoms with Gasteiger partial charge in [0.2, 0.25) is 5.91 Å². The maximum atomic E-state index is 11.5. The van der Waals surface area contributed by atoms with Gasteiger partial charge in [-0.2, -0.15) is 5.10 Å². The molecule has 0 aliphatic rings. The Bertz CT molecular complexity index is 325. The van der Waals surface area contributed by atoms with E-state index in [0.717, 1.165) is 45.4 Å². The van der Waals surface area contributed by atoms with E-state index in [9.17, 15) is 4.79 Å². The first kappa shape index (κ1) is 15.7. The van der Waals surface area contributed by atoms with E-state index in [1.807, 2.05) is 16.9 Å². The Morgan fingerprint density at radius 1 is 1.32 bits per heavy atom. The van der Waals surface area contributed by atoms with Crippen LogP contribution in [0.4, 0.5) is 0 Å². The molecule has 0 aliphatic carbocycles. The zero-order valence-corrected chi connectivity index (χ0v) is 11.8. The molecule has 1 heterocycles. The highest BCUT2D eigenvalue weighted by molar-refractivity contribution is 5.75. The largest absolute Gasteiger partial charge is 0.381 e. The van der Waals surface area contributed by atoms with Crippen LogP contribution >= 0.6 is 0 Å². The number of ether oxygens (including phenoxy) is 1. The highest BCUT2D eigenvalue weighted by atomic mass is 16.5. The zero-order chi connectivity index (χ0) is 13.8. The van der Waals surface area contributed by atoms with Gasteiger partial charge in [-0.05, 0) is 25.3 Å². The van der Waals surface area contributed by atoms with Gasteiger partial charge in [-0.15, -0.1) is 0 Å². The molecule has 5 nitrogen and oxygen atoms in total. The number of carbonyl (C=O) groups excluding carboxylic acids is 1. The topological polar surface area (TPSA) is 56.1 Å². The quantitative estimate of drug-likeness (QED) is 0.624. The summed E-state index contributed by atoms with van der Waals surface area (Å²) in [4.78, 5) is 11.5. The molecule has 0 saturated carbocycles. The van der Waals surface area contributed by atoms with E-state index in [-0.39, 0.29) is 5.91 Å². The molecule has 0 radical (unpaired) electrons. The molecule has 0 bridgehead atoms. The molecule has 108 valence electrons. The standard InChI is InChI=1S/C14H25N3O2/c1-2-3-12-19-13-6-8-15-14(18)7-4-10-17-11-5-9-16-17/h5,9,11H,2-4,6-8,10,12-13H2,1H3,(H,15,18). The zero-order valence-electron chi connectivity index (χ0n) is 11.8. The predicted molar refractivity (Wildman–Crippen MR) is 74.8 cm³/mol. The van der Waals surface area contributed by atoms with Crippen molar-refractivity contribution in [3.05, 3.63) is 18.5 Å². The molecule has 0 atom stereocenters. The van der Waals surface area contributed by atoms with E-state index in [0.29, 0.717) is 13.0 Å². The minimum Gasteiger partial charge on any atom is -0.381 e. The van der Waals surface area contributed by atoms with Crippen LogP contribution in [0.15, 0.2) is 18.5 Å². The Kier molecular flexibility index (Phi) is 8.72. The van der Waals surface area contributed by atoms with E-state index < -0.39 is 0 Å². The summed E-state index contributed by atoms with van der Waals surface area (Å²) in [5.41, 5.74) is 0. The molecule has 1 aromatic rings. The van der Waals surface area contributed by atoms with Crippen molar-refractivity contribution in [1.82, 2.24) is 15.1 Å². The Hall–Kier alpha value is -1.36. The number of aromatic nitrogens is 2. The number of unbranched alkanes of at least 4 members (excludes halogenated alkanes) is 1. The van der Waals surface area contributed by atoms with Gasteiger partial charge >= 0.3 is 0 Å². The maximum Gasteiger partial charge on any atom is 0.220 e. The average Bonchev–Trinajstić information content (AvgIpc) is 2.91. The second-order valence-electron chi connectivity index (χ2n) is 4.54. The SMILES string of the molecule is CCCCOCCCNC(=O)CCCn1cccn1. The van der Waals surface area contributed by atoms with Gasteiger partial charge in [0, 0.05) is 45.1 Å². The molecule has 0 saturated heterocycles. The normalized spacial score (nSPS) is 10.6. The number of amides is 1.